The number of amides is 3. The van der Waals surface area contributed by atoms with E-state index in [1.54, 1.807) is 0 Å². The Morgan fingerprint density at radius 2 is 2.00 bits per heavy atom. The number of nitrogens with one attached hydrogen (secondary N) is 2. The molecular formula is C25H39ClN4O4. The van der Waals surface area contributed by atoms with Crippen molar-refractivity contribution in [3.63, 3.8) is 0 Å². The lowest BCUT2D eigenvalue weighted by molar-refractivity contribution is -0.00850. The number of hydrogen-bond acceptors (Lipinski definition) is 4. The zero-order valence-corrected chi connectivity index (χ0v) is 20.6. The summed E-state index contributed by atoms with van der Waals surface area (Å²) < 4.78 is 6.14. The number of hydrogen-bond donors (Lipinski definition) is 4. The maximum atomic E-state index is 13.1. The number of likely N-dealkylation sites (tertiary alicyclic amines) is 1. The number of halogens is 1. The Morgan fingerprint density at radius 1 is 1.21 bits per heavy atom. The molecule has 190 valence electrons. The molecule has 9 heteroatoms. The summed E-state index contributed by atoms with van der Waals surface area (Å²) in [5.74, 6) is 0.731. The fraction of sp³-hybridized carbons (Fsp3) is 0.680. The lowest BCUT2D eigenvalue weighted by Crippen LogP contribution is -2.51. The fourth-order valence-corrected chi connectivity index (χ4v) is 5.48. The highest BCUT2D eigenvalue weighted by molar-refractivity contribution is 6.30. The van der Waals surface area contributed by atoms with Crippen molar-refractivity contribution in [1.82, 2.24) is 15.5 Å². The van der Waals surface area contributed by atoms with Gasteiger partial charge in [0.15, 0.2) is 0 Å². The molecule has 2 fully saturated rings. The van der Waals surface area contributed by atoms with Crippen molar-refractivity contribution < 1.29 is 19.4 Å². The standard InChI is InChI=1S/C25H39ClN4O4/c26-21-10-4-8-19(15-21)23(34-13-11-28-25(32)33)20-9-5-12-30(17-20)24(31)29-22(16-27)14-18-6-2-1-3-7-18/h4,8,10,15,18,20,22-23,28H,1-3,5-7,9,11-14,16-17,27H2,(H,29,31)(H,32,33)/t20-,22+,23+/m1/s1. The van der Waals surface area contributed by atoms with Crippen LogP contribution in [0.25, 0.3) is 0 Å². The SMILES string of the molecule is NC[C@H](CC1CCCCC1)NC(=O)N1CCC[C@@H]([C@@H](OCCNC(=O)O)c2cccc(Cl)c2)C1. The van der Waals surface area contributed by atoms with E-state index in [4.69, 9.17) is 27.2 Å². The smallest absolute Gasteiger partial charge is 0.404 e. The number of ether oxygens (including phenoxy) is 1. The Hall–Kier alpha value is -2.03. The van der Waals surface area contributed by atoms with Gasteiger partial charge < -0.3 is 31.1 Å². The lowest BCUT2D eigenvalue weighted by atomic mass is 9.85. The highest BCUT2D eigenvalue weighted by atomic mass is 35.5. The van der Waals surface area contributed by atoms with Gasteiger partial charge in [-0.05, 0) is 42.9 Å². The predicted molar refractivity (Wildman–Crippen MR) is 133 cm³/mol. The van der Waals surface area contributed by atoms with Gasteiger partial charge in [-0.1, -0.05) is 55.8 Å². The van der Waals surface area contributed by atoms with Crippen LogP contribution in [-0.4, -0.2) is 61.0 Å². The Morgan fingerprint density at radius 3 is 2.71 bits per heavy atom. The van der Waals surface area contributed by atoms with E-state index in [9.17, 15) is 9.59 Å². The predicted octanol–water partition coefficient (Wildman–Crippen LogP) is 4.38. The second-order valence-electron chi connectivity index (χ2n) is 9.55. The number of piperidine rings is 1. The molecule has 5 N–H and O–H groups in total. The van der Waals surface area contributed by atoms with E-state index in [-0.39, 0.29) is 37.2 Å². The van der Waals surface area contributed by atoms with Crippen LogP contribution < -0.4 is 16.4 Å². The second kappa shape index (κ2) is 13.8. The van der Waals surface area contributed by atoms with E-state index in [2.05, 4.69) is 10.6 Å². The van der Waals surface area contributed by atoms with E-state index in [0.717, 1.165) is 24.8 Å². The maximum absolute atomic E-state index is 13.1. The molecule has 34 heavy (non-hydrogen) atoms. The average molecular weight is 495 g/mol. The highest BCUT2D eigenvalue weighted by Crippen LogP contribution is 2.34. The number of urea groups is 1. The van der Waals surface area contributed by atoms with Gasteiger partial charge in [-0.25, -0.2) is 9.59 Å². The van der Waals surface area contributed by atoms with Crippen LogP contribution in [0.15, 0.2) is 24.3 Å². The zero-order valence-electron chi connectivity index (χ0n) is 19.9. The Labute approximate surface area is 207 Å². The average Bonchev–Trinajstić information content (AvgIpc) is 2.84. The summed E-state index contributed by atoms with van der Waals surface area (Å²) in [5.41, 5.74) is 6.95. The molecule has 0 bridgehead atoms. The number of rotatable bonds is 10. The molecule has 1 aromatic carbocycles. The molecule has 2 aliphatic rings. The molecule has 0 radical (unpaired) electrons. The summed E-state index contributed by atoms with van der Waals surface area (Å²) in [6.07, 6.45) is 7.70. The number of carbonyl (C=O) groups is 2. The van der Waals surface area contributed by atoms with Crippen LogP contribution in [0, 0.1) is 11.8 Å². The van der Waals surface area contributed by atoms with Gasteiger partial charge in [0.2, 0.25) is 0 Å². The number of carbonyl (C=O) groups excluding carboxylic acids is 1. The molecule has 0 unspecified atom stereocenters. The van der Waals surface area contributed by atoms with E-state index in [1.807, 2.05) is 29.2 Å². The summed E-state index contributed by atoms with van der Waals surface area (Å²) in [4.78, 5) is 25.8. The number of nitrogens with two attached hydrogens (primary N) is 1. The van der Waals surface area contributed by atoms with E-state index in [0.29, 0.717) is 30.6 Å². The minimum Gasteiger partial charge on any atom is -0.465 e. The van der Waals surface area contributed by atoms with Gasteiger partial charge in [-0.2, -0.15) is 0 Å². The topological polar surface area (TPSA) is 117 Å². The molecule has 0 aromatic heterocycles. The second-order valence-corrected chi connectivity index (χ2v) is 9.98. The molecule has 3 atom stereocenters. The Bertz CT molecular complexity index is 790. The lowest BCUT2D eigenvalue weighted by Gasteiger charge is -2.38. The molecule has 1 aliphatic heterocycles. The van der Waals surface area contributed by atoms with Crippen LogP contribution in [0.5, 0.6) is 0 Å². The van der Waals surface area contributed by atoms with Crippen LogP contribution in [-0.2, 0) is 4.74 Å². The fourth-order valence-electron chi connectivity index (χ4n) is 5.28. The first-order valence-corrected chi connectivity index (χ1v) is 12.9. The molecule has 1 heterocycles. The van der Waals surface area contributed by atoms with E-state index in [1.165, 1.54) is 32.1 Å². The van der Waals surface area contributed by atoms with Crippen LogP contribution >= 0.6 is 11.6 Å². The molecule has 8 nitrogen and oxygen atoms in total. The molecule has 0 spiro atoms. The largest absolute Gasteiger partial charge is 0.465 e. The van der Waals surface area contributed by atoms with Crippen molar-refractivity contribution in [1.29, 1.82) is 0 Å². The van der Waals surface area contributed by atoms with Crippen LogP contribution in [0.4, 0.5) is 9.59 Å². The van der Waals surface area contributed by atoms with Crippen molar-refractivity contribution in [2.24, 2.45) is 17.6 Å². The van der Waals surface area contributed by atoms with E-state index >= 15 is 0 Å². The summed E-state index contributed by atoms with van der Waals surface area (Å²) in [6, 6.07) is 7.48. The van der Waals surface area contributed by atoms with Gasteiger partial charge in [0.1, 0.15) is 0 Å². The van der Waals surface area contributed by atoms with Crippen LogP contribution in [0.3, 0.4) is 0 Å². The van der Waals surface area contributed by atoms with Crippen molar-refractivity contribution in [3.05, 3.63) is 34.9 Å². The third-order valence-electron chi connectivity index (χ3n) is 6.98. The molecule has 3 amide bonds. The van der Waals surface area contributed by atoms with Crippen molar-refractivity contribution in [3.8, 4) is 0 Å². The number of nitrogens with zero attached hydrogens (tertiary/aromatic N) is 1. The molecule has 3 rings (SSSR count). The van der Waals surface area contributed by atoms with Gasteiger partial charge in [0, 0.05) is 43.2 Å². The van der Waals surface area contributed by atoms with Gasteiger partial charge in [-0.15, -0.1) is 0 Å². The molecule has 1 aliphatic carbocycles. The summed E-state index contributed by atoms with van der Waals surface area (Å²) in [5, 5.41) is 15.0. The van der Waals surface area contributed by atoms with Gasteiger partial charge in [0.25, 0.3) is 0 Å². The van der Waals surface area contributed by atoms with Crippen molar-refractivity contribution in [2.75, 3.05) is 32.8 Å². The Balaban J connectivity index is 1.61. The van der Waals surface area contributed by atoms with Crippen LogP contribution in [0.2, 0.25) is 5.02 Å². The first-order valence-electron chi connectivity index (χ1n) is 12.6. The summed E-state index contributed by atoms with van der Waals surface area (Å²) >= 11 is 6.23. The minimum absolute atomic E-state index is 0.00181. The van der Waals surface area contributed by atoms with Gasteiger partial charge >= 0.3 is 12.1 Å². The first-order chi connectivity index (χ1) is 16.5. The monoisotopic (exact) mass is 494 g/mol. The van der Waals surface area contributed by atoms with Gasteiger partial charge in [-0.3, -0.25) is 0 Å². The van der Waals surface area contributed by atoms with Crippen LogP contribution in [0.1, 0.15) is 63.0 Å². The third-order valence-corrected chi connectivity index (χ3v) is 7.22. The number of benzene rings is 1. The Kier molecular flexibility index (Phi) is 10.8. The first kappa shape index (κ1) is 26.6. The van der Waals surface area contributed by atoms with Crippen molar-refractivity contribution in [2.45, 2.75) is 63.5 Å². The minimum atomic E-state index is -1.08. The molecule has 1 aromatic rings. The maximum Gasteiger partial charge on any atom is 0.404 e. The normalized spacial score (nSPS) is 21.0. The molecular weight excluding hydrogens is 456 g/mol. The van der Waals surface area contributed by atoms with Crippen molar-refractivity contribution >= 4 is 23.7 Å². The quantitative estimate of drug-likeness (QED) is 0.360. The third kappa shape index (κ3) is 8.32. The van der Waals surface area contributed by atoms with E-state index < -0.39 is 6.09 Å². The highest BCUT2D eigenvalue weighted by Gasteiger charge is 2.32. The number of carboxylic acid groups (broad SMARTS) is 1. The summed E-state index contributed by atoms with van der Waals surface area (Å²) in [7, 11) is 0. The zero-order chi connectivity index (χ0) is 24.3. The van der Waals surface area contributed by atoms with Gasteiger partial charge in [0.05, 0.1) is 12.7 Å². The molecule has 1 saturated heterocycles. The summed E-state index contributed by atoms with van der Waals surface area (Å²) in [6.45, 7) is 2.15. The molecule has 1 saturated carbocycles.